The first-order valence-corrected chi connectivity index (χ1v) is 8.96. The van der Waals surface area contributed by atoms with E-state index < -0.39 is 0 Å². The van der Waals surface area contributed by atoms with Gasteiger partial charge in [0.1, 0.15) is 5.75 Å². The second-order valence-corrected chi connectivity index (χ2v) is 6.20. The molecule has 1 heteroatoms. The zero-order valence-electron chi connectivity index (χ0n) is 15.4. The van der Waals surface area contributed by atoms with Gasteiger partial charge in [-0.15, -0.1) is 0 Å². The van der Waals surface area contributed by atoms with Crippen LogP contribution in [0.25, 0.3) is 24.3 Å². The maximum Gasteiger partial charge on any atom is 0.118 e. The summed E-state index contributed by atoms with van der Waals surface area (Å²) in [5.74, 6) is 0.877. The van der Waals surface area contributed by atoms with Gasteiger partial charge in [-0.2, -0.15) is 0 Å². The summed E-state index contributed by atoms with van der Waals surface area (Å²) in [5.41, 5.74) is 6.14. The van der Waals surface area contributed by atoms with Crippen molar-refractivity contribution >= 4 is 24.3 Å². The molecule has 3 rings (SSSR count). The zero-order valence-corrected chi connectivity index (χ0v) is 15.4. The third-order valence-electron chi connectivity index (χ3n) is 4.38. The molecule has 0 amide bonds. The molecule has 0 saturated carbocycles. The van der Waals surface area contributed by atoms with Crippen molar-refractivity contribution < 1.29 is 4.74 Å². The van der Waals surface area contributed by atoms with Gasteiger partial charge < -0.3 is 4.74 Å². The van der Waals surface area contributed by atoms with Crippen molar-refractivity contribution in [1.29, 1.82) is 0 Å². The van der Waals surface area contributed by atoms with Crippen molar-refractivity contribution in [3.05, 3.63) is 101 Å². The van der Waals surface area contributed by atoms with Crippen LogP contribution in [0.3, 0.4) is 0 Å². The van der Waals surface area contributed by atoms with Crippen molar-refractivity contribution in [3.63, 3.8) is 0 Å². The standard InChI is InChI=1S/C25H24O/c1-3-20-4-6-21(7-5-20)8-9-22-10-12-23(13-11-22)14-15-24-16-18-25(26-2)19-17-24/h4-19H,3H2,1-2H3. The lowest BCUT2D eigenvalue weighted by Gasteiger charge is -2.00. The fourth-order valence-corrected chi connectivity index (χ4v) is 2.68. The third kappa shape index (κ3) is 4.97. The highest BCUT2D eigenvalue weighted by molar-refractivity contribution is 5.73. The van der Waals surface area contributed by atoms with Gasteiger partial charge in [-0.25, -0.2) is 0 Å². The number of aryl methyl sites for hydroxylation is 1. The predicted molar refractivity (Wildman–Crippen MR) is 113 cm³/mol. The van der Waals surface area contributed by atoms with Gasteiger partial charge in [0.2, 0.25) is 0 Å². The molecule has 3 aromatic rings. The molecule has 0 aliphatic heterocycles. The van der Waals surface area contributed by atoms with Gasteiger partial charge in [-0.3, -0.25) is 0 Å². The fraction of sp³-hybridized carbons (Fsp3) is 0.120. The Morgan fingerprint density at radius 3 is 1.27 bits per heavy atom. The Balaban J connectivity index is 1.63. The number of methoxy groups -OCH3 is 1. The van der Waals surface area contributed by atoms with E-state index in [0.29, 0.717) is 0 Å². The summed E-state index contributed by atoms with van der Waals surface area (Å²) in [6.45, 7) is 2.18. The highest BCUT2D eigenvalue weighted by atomic mass is 16.5. The lowest BCUT2D eigenvalue weighted by Crippen LogP contribution is -1.81. The highest BCUT2D eigenvalue weighted by Crippen LogP contribution is 2.15. The highest BCUT2D eigenvalue weighted by Gasteiger charge is 1.93. The van der Waals surface area contributed by atoms with Crippen molar-refractivity contribution in [2.24, 2.45) is 0 Å². The van der Waals surface area contributed by atoms with Crippen LogP contribution in [0.4, 0.5) is 0 Å². The summed E-state index contributed by atoms with van der Waals surface area (Å²) in [4.78, 5) is 0. The number of hydrogen-bond acceptors (Lipinski definition) is 1. The summed E-state index contributed by atoms with van der Waals surface area (Å²) >= 11 is 0. The molecule has 0 bridgehead atoms. The molecule has 3 aromatic carbocycles. The second kappa shape index (κ2) is 8.87. The summed E-state index contributed by atoms with van der Waals surface area (Å²) in [7, 11) is 1.68. The Bertz CT molecular complexity index is 790. The summed E-state index contributed by atoms with van der Waals surface area (Å²) in [5, 5.41) is 0. The Hall–Kier alpha value is -3.06. The minimum atomic E-state index is 0.877. The Kier molecular flexibility index (Phi) is 6.05. The molecule has 0 fully saturated rings. The van der Waals surface area contributed by atoms with Crippen molar-refractivity contribution in [2.45, 2.75) is 13.3 Å². The summed E-state index contributed by atoms with van der Waals surface area (Å²) in [6.07, 6.45) is 9.62. The van der Waals surface area contributed by atoms with Gasteiger partial charge in [0, 0.05) is 0 Å². The largest absolute Gasteiger partial charge is 0.497 e. The normalized spacial score (nSPS) is 11.3. The van der Waals surface area contributed by atoms with E-state index in [4.69, 9.17) is 4.74 Å². The molecule has 0 spiro atoms. The molecular formula is C25H24O. The quantitative estimate of drug-likeness (QED) is 0.459. The Morgan fingerprint density at radius 1 is 0.577 bits per heavy atom. The maximum atomic E-state index is 5.18. The van der Waals surface area contributed by atoms with Crippen LogP contribution >= 0.6 is 0 Å². The molecule has 0 radical (unpaired) electrons. The van der Waals surface area contributed by atoms with E-state index >= 15 is 0 Å². The minimum absolute atomic E-state index is 0.877. The van der Waals surface area contributed by atoms with Crippen LogP contribution in [0.15, 0.2) is 72.8 Å². The second-order valence-electron chi connectivity index (χ2n) is 6.20. The first-order chi connectivity index (χ1) is 12.8. The van der Waals surface area contributed by atoms with E-state index in [9.17, 15) is 0 Å². The van der Waals surface area contributed by atoms with Crippen molar-refractivity contribution in [3.8, 4) is 5.75 Å². The fourth-order valence-electron chi connectivity index (χ4n) is 2.68. The smallest absolute Gasteiger partial charge is 0.118 e. The van der Waals surface area contributed by atoms with Crippen molar-refractivity contribution in [2.75, 3.05) is 7.11 Å². The van der Waals surface area contributed by atoms with E-state index in [1.165, 1.54) is 22.3 Å². The lowest BCUT2D eigenvalue weighted by atomic mass is 10.1. The molecule has 0 aliphatic rings. The van der Waals surface area contributed by atoms with Crippen LogP contribution in [0.5, 0.6) is 5.75 Å². The molecule has 0 aromatic heterocycles. The molecular weight excluding hydrogens is 316 g/mol. The molecule has 0 atom stereocenters. The molecule has 0 N–H and O–H groups in total. The average Bonchev–Trinajstić information content (AvgIpc) is 2.72. The number of ether oxygens (including phenoxy) is 1. The van der Waals surface area contributed by atoms with Crippen LogP contribution in [0.2, 0.25) is 0 Å². The van der Waals surface area contributed by atoms with Gasteiger partial charge in [-0.05, 0) is 46.4 Å². The number of rotatable bonds is 6. The van der Waals surface area contributed by atoms with E-state index in [2.05, 4.69) is 91.9 Å². The van der Waals surface area contributed by atoms with Crippen LogP contribution in [0, 0.1) is 0 Å². The van der Waals surface area contributed by atoms with E-state index in [1.54, 1.807) is 7.11 Å². The topological polar surface area (TPSA) is 9.23 Å². The van der Waals surface area contributed by atoms with Crippen LogP contribution < -0.4 is 4.74 Å². The predicted octanol–water partition coefficient (Wildman–Crippen LogP) is 6.60. The molecule has 0 aliphatic carbocycles. The molecule has 1 nitrogen and oxygen atoms in total. The van der Waals surface area contributed by atoms with Gasteiger partial charge in [-0.1, -0.05) is 91.9 Å². The minimum Gasteiger partial charge on any atom is -0.497 e. The van der Waals surface area contributed by atoms with E-state index in [-0.39, 0.29) is 0 Å². The van der Waals surface area contributed by atoms with E-state index in [0.717, 1.165) is 17.7 Å². The Morgan fingerprint density at radius 2 is 0.923 bits per heavy atom. The number of hydrogen-bond donors (Lipinski definition) is 0. The maximum absolute atomic E-state index is 5.18. The molecule has 130 valence electrons. The summed E-state index contributed by atoms with van der Waals surface area (Å²) in [6, 6.07) is 25.3. The van der Waals surface area contributed by atoms with Crippen LogP contribution in [0.1, 0.15) is 34.7 Å². The van der Waals surface area contributed by atoms with E-state index in [1.807, 2.05) is 12.1 Å². The van der Waals surface area contributed by atoms with Gasteiger partial charge >= 0.3 is 0 Å². The lowest BCUT2D eigenvalue weighted by molar-refractivity contribution is 0.415. The Labute approximate surface area is 156 Å². The van der Waals surface area contributed by atoms with Crippen molar-refractivity contribution in [1.82, 2.24) is 0 Å². The molecule has 0 unspecified atom stereocenters. The first-order valence-electron chi connectivity index (χ1n) is 8.96. The average molecular weight is 340 g/mol. The number of benzene rings is 3. The van der Waals surface area contributed by atoms with Gasteiger partial charge in [0.05, 0.1) is 7.11 Å². The van der Waals surface area contributed by atoms with Crippen LogP contribution in [-0.2, 0) is 6.42 Å². The SMILES string of the molecule is CCc1ccc(C=Cc2ccc(C=Cc3ccc(OC)cc3)cc2)cc1. The third-order valence-corrected chi connectivity index (χ3v) is 4.38. The molecule has 0 saturated heterocycles. The summed E-state index contributed by atoms with van der Waals surface area (Å²) < 4.78 is 5.18. The monoisotopic (exact) mass is 340 g/mol. The van der Waals surface area contributed by atoms with Crippen LogP contribution in [-0.4, -0.2) is 7.11 Å². The zero-order chi connectivity index (χ0) is 18.2. The first kappa shape index (κ1) is 17.8. The molecule has 0 heterocycles. The van der Waals surface area contributed by atoms with Gasteiger partial charge in [0.25, 0.3) is 0 Å². The molecule has 26 heavy (non-hydrogen) atoms. The van der Waals surface area contributed by atoms with Gasteiger partial charge in [0.15, 0.2) is 0 Å².